The molecule has 184 valence electrons. The van der Waals surface area contributed by atoms with Crippen LogP contribution >= 0.6 is 0 Å². The molecular formula is C25H33N3O5S. The quantitative estimate of drug-likeness (QED) is 0.479. The van der Waals surface area contributed by atoms with Crippen molar-refractivity contribution >= 4 is 21.8 Å². The van der Waals surface area contributed by atoms with Crippen molar-refractivity contribution in [1.29, 1.82) is 0 Å². The Morgan fingerprint density at radius 2 is 1.76 bits per heavy atom. The molecule has 1 aliphatic carbocycles. The fourth-order valence-corrected chi connectivity index (χ4v) is 4.72. The number of ether oxygens (including phenoxy) is 1. The molecule has 2 aromatic rings. The zero-order valence-corrected chi connectivity index (χ0v) is 20.7. The molecule has 1 unspecified atom stereocenters. The zero-order valence-electron chi connectivity index (χ0n) is 19.9. The van der Waals surface area contributed by atoms with Crippen LogP contribution in [-0.2, 0) is 26.0 Å². The van der Waals surface area contributed by atoms with Crippen molar-refractivity contribution in [2.24, 2.45) is 0 Å². The van der Waals surface area contributed by atoms with Gasteiger partial charge in [-0.25, -0.2) is 13.1 Å². The van der Waals surface area contributed by atoms with Crippen molar-refractivity contribution in [2.75, 3.05) is 20.7 Å². The molecule has 2 amide bonds. The summed E-state index contributed by atoms with van der Waals surface area (Å²) in [6.07, 6.45) is 3.19. The summed E-state index contributed by atoms with van der Waals surface area (Å²) in [5, 5.41) is 3.05. The number of rotatable bonds is 12. The number of benzene rings is 2. The Hall–Kier alpha value is -2.91. The molecule has 3 rings (SSSR count). The summed E-state index contributed by atoms with van der Waals surface area (Å²) < 4.78 is 33.0. The molecule has 0 saturated heterocycles. The van der Waals surface area contributed by atoms with E-state index in [4.69, 9.17) is 4.74 Å². The Morgan fingerprint density at radius 1 is 1.09 bits per heavy atom. The van der Waals surface area contributed by atoms with Crippen LogP contribution in [-0.4, -0.2) is 51.9 Å². The predicted molar refractivity (Wildman–Crippen MR) is 130 cm³/mol. The number of aryl methyl sites for hydroxylation is 1. The number of para-hydroxylation sites is 1. The third-order valence-electron chi connectivity index (χ3n) is 5.66. The van der Waals surface area contributed by atoms with Crippen molar-refractivity contribution in [2.45, 2.75) is 56.0 Å². The summed E-state index contributed by atoms with van der Waals surface area (Å²) >= 11 is 0. The number of nitrogens with zero attached hydrogens (tertiary/aromatic N) is 1. The number of nitrogens with one attached hydrogen (secondary N) is 2. The molecule has 2 N–H and O–H groups in total. The van der Waals surface area contributed by atoms with Crippen LogP contribution in [0.25, 0.3) is 0 Å². The second kappa shape index (κ2) is 11.5. The maximum atomic E-state index is 12.7. The number of carbonyl (C=O) groups is 2. The first-order chi connectivity index (χ1) is 16.2. The highest BCUT2D eigenvalue weighted by atomic mass is 32.2. The number of likely N-dealkylation sites (N-methyl/N-ethyl adjacent to an activating group) is 1. The summed E-state index contributed by atoms with van der Waals surface area (Å²) in [6, 6.07) is 13.8. The van der Waals surface area contributed by atoms with Gasteiger partial charge >= 0.3 is 0 Å². The molecule has 0 aliphatic heterocycles. The van der Waals surface area contributed by atoms with E-state index in [0.717, 1.165) is 24.0 Å². The van der Waals surface area contributed by atoms with E-state index < -0.39 is 10.0 Å². The second-order valence-corrected chi connectivity index (χ2v) is 10.4. The molecule has 9 heteroatoms. The molecule has 0 aromatic heterocycles. The molecule has 34 heavy (non-hydrogen) atoms. The SMILES string of the molecule is CCC(NC(=O)CCc1ccc(S(=O)(=O)NC2CC2)cc1)c1ccccc1OCC(=O)N(C)C. The molecule has 1 saturated carbocycles. The van der Waals surface area contributed by atoms with Crippen LogP contribution in [0, 0.1) is 0 Å². The first kappa shape index (κ1) is 25.7. The molecule has 1 aliphatic rings. The maximum absolute atomic E-state index is 12.7. The lowest BCUT2D eigenvalue weighted by Crippen LogP contribution is -2.30. The van der Waals surface area contributed by atoms with E-state index in [9.17, 15) is 18.0 Å². The lowest BCUT2D eigenvalue weighted by molar-refractivity contribution is -0.130. The van der Waals surface area contributed by atoms with E-state index in [1.807, 2.05) is 25.1 Å². The molecule has 8 nitrogen and oxygen atoms in total. The van der Waals surface area contributed by atoms with Crippen molar-refractivity contribution in [1.82, 2.24) is 14.9 Å². The van der Waals surface area contributed by atoms with Crippen LogP contribution < -0.4 is 14.8 Å². The minimum Gasteiger partial charge on any atom is -0.483 e. The maximum Gasteiger partial charge on any atom is 0.259 e. The van der Waals surface area contributed by atoms with Gasteiger partial charge < -0.3 is 15.0 Å². The summed E-state index contributed by atoms with van der Waals surface area (Å²) in [4.78, 5) is 26.3. The van der Waals surface area contributed by atoms with Crippen LogP contribution in [0.5, 0.6) is 5.75 Å². The van der Waals surface area contributed by atoms with E-state index in [0.29, 0.717) is 18.6 Å². The second-order valence-electron chi connectivity index (χ2n) is 8.68. The van der Waals surface area contributed by atoms with Crippen LogP contribution in [0.1, 0.15) is 49.8 Å². The fourth-order valence-electron chi connectivity index (χ4n) is 3.42. The van der Waals surface area contributed by atoms with Gasteiger partial charge in [-0.1, -0.05) is 37.3 Å². The minimum absolute atomic E-state index is 0.0592. The molecule has 0 heterocycles. The molecule has 2 aromatic carbocycles. The predicted octanol–water partition coefficient (Wildman–Crippen LogP) is 2.79. The van der Waals surface area contributed by atoms with Gasteiger partial charge in [0.05, 0.1) is 10.9 Å². The highest BCUT2D eigenvalue weighted by Gasteiger charge is 2.27. The van der Waals surface area contributed by atoms with Gasteiger partial charge in [0.1, 0.15) is 5.75 Å². The number of amides is 2. The third kappa shape index (κ3) is 7.30. The minimum atomic E-state index is -3.48. The summed E-state index contributed by atoms with van der Waals surface area (Å²) in [5.74, 6) is 0.314. The van der Waals surface area contributed by atoms with Crippen LogP contribution in [0.15, 0.2) is 53.4 Å². The summed E-state index contributed by atoms with van der Waals surface area (Å²) in [6.45, 7) is 1.90. The fraction of sp³-hybridized carbons (Fsp3) is 0.440. The van der Waals surface area contributed by atoms with Gasteiger partial charge in [-0.3, -0.25) is 9.59 Å². The molecule has 1 atom stereocenters. The van der Waals surface area contributed by atoms with Crippen LogP contribution in [0.4, 0.5) is 0 Å². The lowest BCUT2D eigenvalue weighted by Gasteiger charge is -2.21. The highest BCUT2D eigenvalue weighted by molar-refractivity contribution is 7.89. The summed E-state index contributed by atoms with van der Waals surface area (Å²) in [5.41, 5.74) is 1.71. The normalized spacial score (nSPS) is 14.3. The Morgan fingerprint density at radius 3 is 2.38 bits per heavy atom. The third-order valence-corrected chi connectivity index (χ3v) is 7.20. The van der Waals surface area contributed by atoms with E-state index in [1.165, 1.54) is 4.90 Å². The molecule has 0 spiro atoms. The van der Waals surface area contributed by atoms with Crippen molar-refractivity contribution in [3.63, 3.8) is 0 Å². The Balaban J connectivity index is 1.56. The number of hydrogen-bond donors (Lipinski definition) is 2. The van der Waals surface area contributed by atoms with Gasteiger partial charge in [0.2, 0.25) is 15.9 Å². The topological polar surface area (TPSA) is 105 Å². The number of sulfonamides is 1. The highest BCUT2D eigenvalue weighted by Crippen LogP contribution is 2.27. The Kier molecular flexibility index (Phi) is 8.68. The molecule has 1 fully saturated rings. The standard InChI is InChI=1S/C25H33N3O5S/c1-4-22(21-7-5-6-8-23(21)33-17-25(30)28(2)3)26-24(29)16-11-18-9-14-20(15-10-18)34(31,32)27-19-12-13-19/h5-10,14-15,19,22,27H,4,11-13,16-17H2,1-3H3,(H,26,29). The van der Waals surface area contributed by atoms with E-state index in [2.05, 4.69) is 10.0 Å². The van der Waals surface area contributed by atoms with E-state index >= 15 is 0 Å². The molecule has 0 radical (unpaired) electrons. The lowest BCUT2D eigenvalue weighted by atomic mass is 10.0. The average molecular weight is 488 g/mol. The van der Waals surface area contributed by atoms with Crippen LogP contribution in [0.2, 0.25) is 0 Å². The first-order valence-electron chi connectivity index (χ1n) is 11.5. The monoisotopic (exact) mass is 487 g/mol. The van der Waals surface area contributed by atoms with Gasteiger partial charge in [-0.15, -0.1) is 0 Å². The van der Waals surface area contributed by atoms with Gasteiger partial charge in [-0.2, -0.15) is 0 Å². The van der Waals surface area contributed by atoms with Crippen molar-refractivity contribution < 1.29 is 22.7 Å². The van der Waals surface area contributed by atoms with E-state index in [1.54, 1.807) is 44.4 Å². The Bertz CT molecular complexity index is 1100. The Labute approximate surface area is 201 Å². The first-order valence-corrected chi connectivity index (χ1v) is 13.0. The van der Waals surface area contributed by atoms with Gasteiger partial charge in [0.15, 0.2) is 6.61 Å². The number of carbonyl (C=O) groups excluding carboxylic acids is 2. The van der Waals surface area contributed by atoms with Crippen LogP contribution in [0.3, 0.4) is 0 Å². The van der Waals surface area contributed by atoms with E-state index in [-0.39, 0.29) is 41.8 Å². The average Bonchev–Trinajstić information content (AvgIpc) is 3.63. The number of hydrogen-bond acceptors (Lipinski definition) is 5. The molecule has 0 bridgehead atoms. The van der Waals surface area contributed by atoms with Gasteiger partial charge in [0, 0.05) is 32.1 Å². The smallest absolute Gasteiger partial charge is 0.259 e. The zero-order chi connectivity index (χ0) is 24.7. The van der Waals surface area contributed by atoms with Crippen molar-refractivity contribution in [3.8, 4) is 5.75 Å². The van der Waals surface area contributed by atoms with Gasteiger partial charge in [0.25, 0.3) is 5.91 Å². The molecular weight excluding hydrogens is 454 g/mol. The largest absolute Gasteiger partial charge is 0.483 e. The van der Waals surface area contributed by atoms with Gasteiger partial charge in [-0.05, 0) is 49.4 Å². The summed E-state index contributed by atoms with van der Waals surface area (Å²) in [7, 11) is -0.137. The van der Waals surface area contributed by atoms with Crippen molar-refractivity contribution in [3.05, 3.63) is 59.7 Å².